The highest BCUT2D eigenvalue weighted by Gasteiger charge is 2.19. The molecule has 0 unspecified atom stereocenters. The van der Waals surface area contributed by atoms with E-state index in [0.717, 1.165) is 11.1 Å². The average molecular weight is 415 g/mol. The third-order valence-corrected chi connectivity index (χ3v) is 4.52. The van der Waals surface area contributed by atoms with Crippen molar-refractivity contribution in [2.45, 2.75) is 27.3 Å². The number of anilines is 1. The molecule has 2 aromatic carbocycles. The lowest BCUT2D eigenvalue weighted by Crippen LogP contribution is -2.18. The average Bonchev–Trinajstić information content (AvgIpc) is 3.05. The van der Waals surface area contributed by atoms with Crippen LogP contribution in [0.25, 0.3) is 0 Å². The number of nitro benzene ring substituents is 1. The van der Waals surface area contributed by atoms with E-state index < -0.39 is 10.8 Å². The Morgan fingerprint density at radius 2 is 2.03 bits per heavy atom. The topological polar surface area (TPSA) is 99.3 Å². The van der Waals surface area contributed by atoms with E-state index in [9.17, 15) is 14.9 Å². The van der Waals surface area contributed by atoms with E-state index in [4.69, 9.17) is 16.3 Å². The molecule has 1 aromatic heterocycles. The molecule has 3 rings (SSSR count). The highest BCUT2D eigenvalue weighted by atomic mass is 35.5. The second kappa shape index (κ2) is 8.32. The predicted octanol–water partition coefficient (Wildman–Crippen LogP) is 5.13. The second-order valence-electron chi connectivity index (χ2n) is 6.45. The fourth-order valence-electron chi connectivity index (χ4n) is 2.78. The van der Waals surface area contributed by atoms with Gasteiger partial charge in [0, 0.05) is 18.7 Å². The molecule has 0 aliphatic heterocycles. The van der Waals surface area contributed by atoms with Crippen molar-refractivity contribution in [3.63, 3.8) is 0 Å². The Balaban J connectivity index is 1.94. The van der Waals surface area contributed by atoms with Crippen LogP contribution in [0.3, 0.4) is 0 Å². The maximum absolute atomic E-state index is 12.7. The number of nitrogens with one attached hydrogen (secondary N) is 1. The van der Waals surface area contributed by atoms with E-state index in [0.29, 0.717) is 12.3 Å². The van der Waals surface area contributed by atoms with Crippen molar-refractivity contribution in [3.05, 3.63) is 74.6 Å². The van der Waals surface area contributed by atoms with Crippen LogP contribution in [0, 0.1) is 24.0 Å². The minimum atomic E-state index is -0.547. The molecule has 0 saturated heterocycles. The number of aromatic nitrogens is 2. The minimum absolute atomic E-state index is 0.178. The molecule has 0 aliphatic rings. The molecule has 1 heterocycles. The molecule has 1 N–H and O–H groups in total. The number of rotatable bonds is 6. The number of carbonyl (C=O) groups is 1. The number of nitro groups is 1. The Kier molecular flexibility index (Phi) is 5.84. The molecule has 0 aliphatic carbocycles. The molecule has 9 heteroatoms. The number of amides is 1. The van der Waals surface area contributed by atoms with Crippen molar-refractivity contribution < 1.29 is 14.5 Å². The maximum Gasteiger partial charge on any atom is 0.275 e. The molecule has 0 fully saturated rings. The van der Waals surface area contributed by atoms with Crippen molar-refractivity contribution in [2.75, 3.05) is 5.32 Å². The number of non-ortho nitro benzene ring substituents is 1. The summed E-state index contributed by atoms with van der Waals surface area (Å²) in [7, 11) is 0. The summed E-state index contributed by atoms with van der Waals surface area (Å²) in [5.41, 5.74) is 2.05. The lowest BCUT2D eigenvalue weighted by atomic mass is 10.1. The smallest absolute Gasteiger partial charge is 0.275 e. The Morgan fingerprint density at radius 1 is 1.28 bits per heavy atom. The van der Waals surface area contributed by atoms with Gasteiger partial charge in [-0.1, -0.05) is 23.7 Å². The highest BCUT2D eigenvalue weighted by molar-refractivity contribution is 6.34. The summed E-state index contributed by atoms with van der Waals surface area (Å²) in [6, 6.07) is 9.77. The molecule has 29 heavy (non-hydrogen) atoms. The number of ether oxygens (including phenoxy) is 1. The van der Waals surface area contributed by atoms with E-state index in [1.165, 1.54) is 29.1 Å². The third kappa shape index (κ3) is 4.55. The van der Waals surface area contributed by atoms with Gasteiger partial charge >= 0.3 is 0 Å². The van der Waals surface area contributed by atoms with Crippen LogP contribution in [-0.4, -0.2) is 20.6 Å². The van der Waals surface area contributed by atoms with Crippen molar-refractivity contribution in [3.8, 4) is 11.5 Å². The summed E-state index contributed by atoms with van der Waals surface area (Å²) in [6.45, 7) is 6.07. The summed E-state index contributed by atoms with van der Waals surface area (Å²) >= 11 is 6.06. The number of nitrogens with zero attached hydrogens (tertiary/aromatic N) is 3. The normalized spacial score (nSPS) is 10.6. The SMILES string of the molecule is CCn1ncc(Cl)c1C(=O)Nc1cc(Oc2cc(C)ccc2C)cc([N+](=O)[O-])c1. The molecular weight excluding hydrogens is 396 g/mol. The van der Waals surface area contributed by atoms with Gasteiger partial charge in [-0.15, -0.1) is 0 Å². The number of aryl methyl sites for hydroxylation is 3. The van der Waals surface area contributed by atoms with Gasteiger partial charge < -0.3 is 10.1 Å². The van der Waals surface area contributed by atoms with Crippen LogP contribution in [-0.2, 0) is 6.54 Å². The molecule has 0 atom stereocenters. The van der Waals surface area contributed by atoms with E-state index in [-0.39, 0.29) is 27.8 Å². The fraction of sp³-hybridized carbons (Fsp3) is 0.200. The first-order valence-electron chi connectivity index (χ1n) is 8.85. The van der Waals surface area contributed by atoms with Crippen molar-refractivity contribution in [1.82, 2.24) is 9.78 Å². The quantitative estimate of drug-likeness (QED) is 0.445. The first-order chi connectivity index (χ1) is 13.8. The third-order valence-electron chi connectivity index (χ3n) is 4.24. The molecule has 150 valence electrons. The van der Waals surface area contributed by atoms with Crippen molar-refractivity contribution in [2.24, 2.45) is 0 Å². The van der Waals surface area contributed by atoms with Gasteiger partial charge in [0.2, 0.25) is 0 Å². The lowest BCUT2D eigenvalue weighted by molar-refractivity contribution is -0.384. The number of hydrogen-bond acceptors (Lipinski definition) is 5. The van der Waals surface area contributed by atoms with Gasteiger partial charge in [-0.05, 0) is 38.0 Å². The van der Waals surface area contributed by atoms with Gasteiger partial charge in [-0.2, -0.15) is 5.10 Å². The van der Waals surface area contributed by atoms with Crippen molar-refractivity contribution >= 4 is 28.9 Å². The zero-order valence-electron chi connectivity index (χ0n) is 16.1. The second-order valence-corrected chi connectivity index (χ2v) is 6.86. The van der Waals surface area contributed by atoms with Crippen LogP contribution < -0.4 is 10.1 Å². The van der Waals surface area contributed by atoms with E-state index in [1.54, 1.807) is 0 Å². The van der Waals surface area contributed by atoms with Gasteiger partial charge in [-0.25, -0.2) is 0 Å². The van der Waals surface area contributed by atoms with Gasteiger partial charge in [0.15, 0.2) is 0 Å². The largest absolute Gasteiger partial charge is 0.457 e. The number of benzene rings is 2. The van der Waals surface area contributed by atoms with Gasteiger partial charge in [0.05, 0.1) is 27.9 Å². The fourth-order valence-corrected chi connectivity index (χ4v) is 3.01. The molecule has 1 amide bonds. The summed E-state index contributed by atoms with van der Waals surface area (Å²) in [5.74, 6) is 0.292. The zero-order valence-corrected chi connectivity index (χ0v) is 16.9. The molecular formula is C20H19ClN4O4. The van der Waals surface area contributed by atoms with Crippen LogP contribution in [0.15, 0.2) is 42.6 Å². The predicted molar refractivity (Wildman–Crippen MR) is 110 cm³/mol. The van der Waals surface area contributed by atoms with Gasteiger partial charge in [-0.3, -0.25) is 19.6 Å². The summed E-state index contributed by atoms with van der Waals surface area (Å²) < 4.78 is 7.31. The summed E-state index contributed by atoms with van der Waals surface area (Å²) in [6.07, 6.45) is 1.38. The Hall–Kier alpha value is -3.39. The minimum Gasteiger partial charge on any atom is -0.457 e. The molecule has 0 bridgehead atoms. The van der Waals surface area contributed by atoms with E-state index in [1.807, 2.05) is 39.0 Å². The highest BCUT2D eigenvalue weighted by Crippen LogP contribution is 2.32. The zero-order chi connectivity index (χ0) is 21.1. The standard InChI is InChI=1S/C20H19ClN4O4/c1-4-24-19(17(21)11-22-24)20(26)23-14-8-15(25(27)28)10-16(9-14)29-18-7-12(2)5-6-13(18)3/h5-11H,4H2,1-3H3,(H,23,26). The molecule has 0 saturated carbocycles. The Bertz CT molecular complexity index is 1090. The van der Waals surface area contributed by atoms with Crippen LogP contribution in [0.4, 0.5) is 11.4 Å². The number of hydrogen-bond donors (Lipinski definition) is 1. The van der Waals surface area contributed by atoms with E-state index in [2.05, 4.69) is 10.4 Å². The maximum atomic E-state index is 12.7. The Labute approximate surface area is 172 Å². The molecule has 0 spiro atoms. The molecule has 3 aromatic rings. The number of carbonyl (C=O) groups excluding carboxylic acids is 1. The monoisotopic (exact) mass is 414 g/mol. The molecule has 0 radical (unpaired) electrons. The summed E-state index contributed by atoms with van der Waals surface area (Å²) in [5, 5.41) is 18.2. The van der Waals surface area contributed by atoms with Gasteiger partial charge in [0.1, 0.15) is 17.2 Å². The van der Waals surface area contributed by atoms with Crippen LogP contribution in [0.1, 0.15) is 28.5 Å². The van der Waals surface area contributed by atoms with Gasteiger partial charge in [0.25, 0.3) is 11.6 Å². The first-order valence-corrected chi connectivity index (χ1v) is 9.23. The molecule has 8 nitrogen and oxygen atoms in total. The van der Waals surface area contributed by atoms with E-state index >= 15 is 0 Å². The van der Waals surface area contributed by atoms with Crippen LogP contribution in [0.2, 0.25) is 5.02 Å². The summed E-state index contributed by atoms with van der Waals surface area (Å²) in [4.78, 5) is 23.5. The first kappa shape index (κ1) is 20.3. The van der Waals surface area contributed by atoms with Crippen LogP contribution >= 0.6 is 11.6 Å². The Morgan fingerprint density at radius 3 is 2.72 bits per heavy atom. The number of halogens is 1. The van der Waals surface area contributed by atoms with Crippen LogP contribution in [0.5, 0.6) is 11.5 Å². The lowest BCUT2D eigenvalue weighted by Gasteiger charge is -2.12. The van der Waals surface area contributed by atoms with Crippen molar-refractivity contribution in [1.29, 1.82) is 0 Å².